The Morgan fingerprint density at radius 3 is 2.24 bits per heavy atom. The molecule has 2 atom stereocenters. The molecule has 2 unspecified atom stereocenters. The molecule has 2 aliphatic rings. The van der Waals surface area contributed by atoms with E-state index in [0.29, 0.717) is 0 Å². The topological polar surface area (TPSA) is 75.6 Å². The minimum absolute atomic E-state index is 0.0424. The number of carbonyl (C=O) groups is 2. The molecule has 2 N–H and O–H groups in total. The third-order valence-corrected chi connectivity index (χ3v) is 5.79. The summed E-state index contributed by atoms with van der Waals surface area (Å²) < 4.78 is 32.8. The number of hydrogen-bond acceptors (Lipinski definition) is 3. The highest BCUT2D eigenvalue weighted by Crippen LogP contribution is 2.44. The number of hydrogen-bond donors (Lipinski definition) is 2. The lowest BCUT2D eigenvalue weighted by Gasteiger charge is -2.33. The maximum Gasteiger partial charge on any atom is 0.407 e. The summed E-state index contributed by atoms with van der Waals surface area (Å²) >= 11 is 0. The van der Waals surface area contributed by atoms with Crippen LogP contribution in [0, 0.1) is 5.92 Å². The van der Waals surface area contributed by atoms with Crippen LogP contribution >= 0.6 is 0 Å². The van der Waals surface area contributed by atoms with Gasteiger partial charge in [0.25, 0.3) is 0 Å². The number of alkyl carbamates (subject to hydrolysis) is 1. The van der Waals surface area contributed by atoms with Gasteiger partial charge < -0.3 is 15.2 Å². The molecule has 5 nitrogen and oxygen atoms in total. The Morgan fingerprint density at radius 2 is 1.66 bits per heavy atom. The van der Waals surface area contributed by atoms with E-state index in [0.717, 1.165) is 22.3 Å². The van der Waals surface area contributed by atoms with Crippen LogP contribution in [0.4, 0.5) is 13.6 Å². The van der Waals surface area contributed by atoms with Gasteiger partial charge in [-0.15, -0.1) is 0 Å². The van der Waals surface area contributed by atoms with Crippen molar-refractivity contribution in [2.75, 3.05) is 6.61 Å². The molecular formula is C22H21F2NO4. The third kappa shape index (κ3) is 3.81. The van der Waals surface area contributed by atoms with E-state index in [9.17, 15) is 23.5 Å². The Morgan fingerprint density at radius 1 is 1.07 bits per heavy atom. The van der Waals surface area contributed by atoms with Gasteiger partial charge in [0, 0.05) is 18.8 Å². The maximum atomic E-state index is 13.7. The highest BCUT2D eigenvalue weighted by atomic mass is 19.3. The number of carboxylic acid groups (broad SMARTS) is 1. The first-order valence-corrected chi connectivity index (χ1v) is 9.58. The molecule has 0 spiro atoms. The summed E-state index contributed by atoms with van der Waals surface area (Å²) in [5, 5.41) is 11.6. The van der Waals surface area contributed by atoms with Gasteiger partial charge in [0.15, 0.2) is 0 Å². The number of carbonyl (C=O) groups excluding carboxylic acids is 1. The van der Waals surface area contributed by atoms with Crippen LogP contribution in [0.25, 0.3) is 11.1 Å². The second-order valence-electron chi connectivity index (χ2n) is 7.62. The zero-order valence-corrected chi connectivity index (χ0v) is 15.6. The summed E-state index contributed by atoms with van der Waals surface area (Å²) in [4.78, 5) is 23.7. The van der Waals surface area contributed by atoms with E-state index >= 15 is 0 Å². The molecule has 0 aliphatic heterocycles. The van der Waals surface area contributed by atoms with Crippen LogP contribution in [0.5, 0.6) is 0 Å². The molecule has 2 aromatic rings. The molecule has 0 saturated heterocycles. The fourth-order valence-electron chi connectivity index (χ4n) is 4.37. The second kappa shape index (κ2) is 7.46. The quantitative estimate of drug-likeness (QED) is 0.796. The predicted molar refractivity (Wildman–Crippen MR) is 102 cm³/mol. The highest BCUT2D eigenvalue weighted by molar-refractivity contribution is 5.79. The summed E-state index contributed by atoms with van der Waals surface area (Å²) in [6, 6.07) is 14.5. The Balaban J connectivity index is 1.45. The lowest BCUT2D eigenvalue weighted by Crippen LogP contribution is -2.50. The van der Waals surface area contributed by atoms with E-state index in [-0.39, 0.29) is 18.9 Å². The van der Waals surface area contributed by atoms with Crippen LogP contribution in [0.3, 0.4) is 0 Å². The van der Waals surface area contributed by atoms with Crippen molar-refractivity contribution in [1.29, 1.82) is 0 Å². The molecular weight excluding hydrogens is 380 g/mol. The van der Waals surface area contributed by atoms with Gasteiger partial charge in [0.05, 0.1) is 12.0 Å². The van der Waals surface area contributed by atoms with Crippen LogP contribution in [0.1, 0.15) is 36.3 Å². The van der Waals surface area contributed by atoms with Crippen molar-refractivity contribution in [3.8, 4) is 11.1 Å². The van der Waals surface area contributed by atoms with E-state index in [1.807, 2.05) is 48.5 Å². The number of amides is 1. The number of benzene rings is 2. The monoisotopic (exact) mass is 401 g/mol. The predicted octanol–water partition coefficient (Wildman–Crippen LogP) is 4.41. The second-order valence-corrected chi connectivity index (χ2v) is 7.62. The SMILES string of the molecule is O=C(NC1CC(F)(F)CCC1C(=O)O)OCC1c2ccccc2-c2ccccc21. The first-order chi connectivity index (χ1) is 13.9. The number of aliphatic carboxylic acids is 1. The zero-order valence-electron chi connectivity index (χ0n) is 15.6. The van der Waals surface area contributed by atoms with Crippen LogP contribution in [-0.4, -0.2) is 35.7 Å². The van der Waals surface area contributed by atoms with Gasteiger partial charge in [0.1, 0.15) is 6.61 Å². The van der Waals surface area contributed by atoms with Crippen molar-refractivity contribution < 1.29 is 28.2 Å². The molecule has 29 heavy (non-hydrogen) atoms. The molecule has 1 fully saturated rings. The number of carboxylic acids is 1. The first kappa shape index (κ1) is 19.4. The number of fused-ring (bicyclic) bond motifs is 3. The molecule has 0 bridgehead atoms. The molecule has 0 radical (unpaired) electrons. The summed E-state index contributed by atoms with van der Waals surface area (Å²) in [6.07, 6.45) is -2.25. The Bertz CT molecular complexity index is 900. The largest absolute Gasteiger partial charge is 0.481 e. The average molecular weight is 401 g/mol. The number of nitrogens with one attached hydrogen (secondary N) is 1. The number of alkyl halides is 2. The Kier molecular flexibility index (Phi) is 4.98. The Hall–Kier alpha value is -2.96. The molecule has 1 amide bonds. The van der Waals surface area contributed by atoms with Gasteiger partial charge >= 0.3 is 12.1 Å². The van der Waals surface area contributed by atoms with E-state index < -0.39 is 42.8 Å². The zero-order chi connectivity index (χ0) is 20.6. The number of rotatable bonds is 4. The fraction of sp³-hybridized carbons (Fsp3) is 0.364. The van der Waals surface area contributed by atoms with Crippen LogP contribution in [0.15, 0.2) is 48.5 Å². The normalized spacial score (nSPS) is 22.4. The lowest BCUT2D eigenvalue weighted by atomic mass is 9.82. The summed E-state index contributed by atoms with van der Waals surface area (Å²) in [5.74, 6) is -5.39. The minimum Gasteiger partial charge on any atom is -0.481 e. The number of ether oxygens (including phenoxy) is 1. The smallest absolute Gasteiger partial charge is 0.407 e. The number of halogens is 2. The van der Waals surface area contributed by atoms with E-state index in [1.54, 1.807) is 0 Å². The molecule has 1 saturated carbocycles. The molecule has 0 heterocycles. The van der Waals surface area contributed by atoms with Gasteiger partial charge in [-0.2, -0.15) is 0 Å². The summed E-state index contributed by atoms with van der Waals surface area (Å²) in [7, 11) is 0. The average Bonchev–Trinajstić information content (AvgIpc) is 2.99. The van der Waals surface area contributed by atoms with Crippen molar-refractivity contribution in [1.82, 2.24) is 5.32 Å². The van der Waals surface area contributed by atoms with E-state index in [1.165, 1.54) is 0 Å². The van der Waals surface area contributed by atoms with Gasteiger partial charge in [0.2, 0.25) is 5.92 Å². The minimum atomic E-state index is -2.99. The molecule has 152 valence electrons. The standard InChI is InChI=1S/C22H21F2NO4/c23-22(24)10-9-17(20(26)27)19(11-22)25-21(28)29-12-18-15-7-3-1-5-13(15)14-6-2-4-8-16(14)18/h1-8,17-19H,9-12H2,(H,25,28)(H,26,27). The lowest BCUT2D eigenvalue weighted by molar-refractivity contribution is -0.147. The van der Waals surface area contributed by atoms with Crippen molar-refractivity contribution in [2.45, 2.75) is 37.1 Å². The molecule has 2 aliphatic carbocycles. The van der Waals surface area contributed by atoms with Gasteiger partial charge in [-0.25, -0.2) is 13.6 Å². The van der Waals surface area contributed by atoms with E-state index in [2.05, 4.69) is 5.32 Å². The summed E-state index contributed by atoms with van der Waals surface area (Å²) in [5.41, 5.74) is 4.23. The molecule has 2 aromatic carbocycles. The van der Waals surface area contributed by atoms with Crippen LogP contribution in [0.2, 0.25) is 0 Å². The molecule has 0 aromatic heterocycles. The first-order valence-electron chi connectivity index (χ1n) is 9.58. The van der Waals surface area contributed by atoms with Gasteiger partial charge in [-0.1, -0.05) is 48.5 Å². The van der Waals surface area contributed by atoms with Gasteiger partial charge in [-0.05, 0) is 28.7 Å². The molecule has 7 heteroatoms. The Labute approximate surface area is 166 Å². The van der Waals surface area contributed by atoms with Crippen molar-refractivity contribution in [2.24, 2.45) is 5.92 Å². The maximum absolute atomic E-state index is 13.7. The van der Waals surface area contributed by atoms with Crippen LogP contribution in [-0.2, 0) is 9.53 Å². The highest BCUT2D eigenvalue weighted by Gasteiger charge is 2.45. The third-order valence-electron chi connectivity index (χ3n) is 5.79. The van der Waals surface area contributed by atoms with Crippen molar-refractivity contribution in [3.63, 3.8) is 0 Å². The van der Waals surface area contributed by atoms with E-state index in [4.69, 9.17) is 4.74 Å². The van der Waals surface area contributed by atoms with Crippen LogP contribution < -0.4 is 5.32 Å². The van der Waals surface area contributed by atoms with Crippen molar-refractivity contribution in [3.05, 3.63) is 59.7 Å². The van der Waals surface area contributed by atoms with Gasteiger partial charge in [-0.3, -0.25) is 4.79 Å². The fourth-order valence-corrected chi connectivity index (χ4v) is 4.37. The molecule has 4 rings (SSSR count). The summed E-state index contributed by atoms with van der Waals surface area (Å²) in [6.45, 7) is 0.0424. The van der Waals surface area contributed by atoms with Crippen molar-refractivity contribution >= 4 is 12.1 Å².